The molecule has 1 aliphatic heterocycles. The number of aromatic nitrogens is 2. The Morgan fingerprint density at radius 3 is 3.07 bits per heavy atom. The van der Waals surface area contributed by atoms with Crippen LogP contribution in [0, 0.1) is 0 Å². The fraction of sp³-hybridized carbons (Fsp3) is 0.444. The highest BCUT2D eigenvalue weighted by atomic mass is 16.1. The van der Waals surface area contributed by atoms with Crippen LogP contribution in [0.25, 0.3) is 0 Å². The van der Waals surface area contributed by atoms with Crippen LogP contribution in [-0.4, -0.2) is 28.5 Å². The van der Waals surface area contributed by atoms with Crippen molar-refractivity contribution in [1.82, 2.24) is 9.97 Å². The Balaban J connectivity index is 2.26. The van der Waals surface area contributed by atoms with Gasteiger partial charge in [-0.1, -0.05) is 0 Å². The Hall–Kier alpha value is -1.85. The molecule has 6 nitrogen and oxygen atoms in total. The number of amides is 1. The lowest BCUT2D eigenvalue weighted by atomic mass is 10.2. The van der Waals surface area contributed by atoms with E-state index in [-0.39, 0.29) is 17.9 Å². The van der Waals surface area contributed by atoms with Crippen LogP contribution in [0.2, 0.25) is 0 Å². The van der Waals surface area contributed by atoms with Gasteiger partial charge in [0, 0.05) is 12.7 Å². The summed E-state index contributed by atoms with van der Waals surface area (Å²) in [4.78, 5) is 20.9. The average Bonchev–Trinajstić information content (AvgIpc) is 2.65. The molecule has 1 amide bonds. The molecule has 0 saturated carbocycles. The molecule has 4 N–H and O–H groups in total. The van der Waals surface area contributed by atoms with Gasteiger partial charge in [-0.2, -0.15) is 4.98 Å². The first kappa shape index (κ1) is 9.70. The number of hydrogen-bond donors (Lipinski definition) is 2. The van der Waals surface area contributed by atoms with E-state index in [4.69, 9.17) is 11.5 Å². The second-order valence-corrected chi connectivity index (χ2v) is 3.53. The smallest absolute Gasteiger partial charge is 0.240 e. The molecular formula is C9H13N5O. The van der Waals surface area contributed by atoms with Gasteiger partial charge in [0.2, 0.25) is 11.9 Å². The molecule has 1 aromatic heterocycles. The molecule has 0 radical (unpaired) electrons. The lowest BCUT2D eigenvalue weighted by Crippen LogP contribution is -2.40. The Morgan fingerprint density at radius 1 is 1.60 bits per heavy atom. The van der Waals surface area contributed by atoms with E-state index < -0.39 is 0 Å². The number of nitrogen functional groups attached to an aromatic ring is 1. The van der Waals surface area contributed by atoms with Gasteiger partial charge in [0.1, 0.15) is 11.9 Å². The third kappa shape index (κ3) is 1.83. The Bertz CT molecular complexity index is 381. The average molecular weight is 207 g/mol. The number of primary amides is 1. The van der Waals surface area contributed by atoms with E-state index in [1.54, 1.807) is 12.3 Å². The third-order valence-corrected chi connectivity index (χ3v) is 2.54. The quantitative estimate of drug-likeness (QED) is 0.682. The van der Waals surface area contributed by atoms with Crippen LogP contribution >= 0.6 is 0 Å². The summed E-state index contributed by atoms with van der Waals surface area (Å²) in [6.07, 6.45) is 3.30. The third-order valence-electron chi connectivity index (χ3n) is 2.54. The summed E-state index contributed by atoms with van der Waals surface area (Å²) in [5, 5.41) is 0. The maximum Gasteiger partial charge on any atom is 0.240 e. The summed E-state index contributed by atoms with van der Waals surface area (Å²) in [6, 6.07) is 1.47. The zero-order chi connectivity index (χ0) is 10.8. The SMILES string of the molecule is NC(=O)C1CCCN1c1ccnc(N)n1. The van der Waals surface area contributed by atoms with Crippen molar-refractivity contribution in [1.29, 1.82) is 0 Å². The minimum absolute atomic E-state index is 0.211. The first-order chi connectivity index (χ1) is 7.18. The van der Waals surface area contributed by atoms with Crippen LogP contribution in [0.15, 0.2) is 12.3 Å². The highest BCUT2D eigenvalue weighted by Crippen LogP contribution is 2.23. The van der Waals surface area contributed by atoms with Crippen molar-refractivity contribution in [3.05, 3.63) is 12.3 Å². The molecule has 1 fully saturated rings. The normalized spacial score (nSPS) is 20.5. The van der Waals surface area contributed by atoms with Gasteiger partial charge in [0.05, 0.1) is 0 Å². The maximum absolute atomic E-state index is 11.2. The van der Waals surface area contributed by atoms with Gasteiger partial charge >= 0.3 is 0 Å². The van der Waals surface area contributed by atoms with Crippen LogP contribution in [0.3, 0.4) is 0 Å². The van der Waals surface area contributed by atoms with Gasteiger partial charge in [-0.05, 0) is 18.9 Å². The van der Waals surface area contributed by atoms with E-state index in [0.29, 0.717) is 5.82 Å². The molecule has 15 heavy (non-hydrogen) atoms. The van der Waals surface area contributed by atoms with Crippen molar-refractivity contribution < 1.29 is 4.79 Å². The molecule has 0 aromatic carbocycles. The zero-order valence-electron chi connectivity index (χ0n) is 8.26. The van der Waals surface area contributed by atoms with Crippen LogP contribution in [0.5, 0.6) is 0 Å². The molecule has 0 aliphatic carbocycles. The summed E-state index contributed by atoms with van der Waals surface area (Å²) in [5.41, 5.74) is 10.8. The lowest BCUT2D eigenvalue weighted by molar-refractivity contribution is -0.119. The van der Waals surface area contributed by atoms with Crippen molar-refractivity contribution in [2.24, 2.45) is 5.73 Å². The number of hydrogen-bond acceptors (Lipinski definition) is 5. The molecule has 2 rings (SSSR count). The molecule has 80 valence electrons. The summed E-state index contributed by atoms with van der Waals surface area (Å²) in [6.45, 7) is 0.782. The molecule has 1 atom stereocenters. The highest BCUT2D eigenvalue weighted by molar-refractivity contribution is 5.83. The van der Waals surface area contributed by atoms with E-state index in [2.05, 4.69) is 9.97 Å². The molecule has 1 aromatic rings. The number of anilines is 2. The molecule has 6 heteroatoms. The Kier molecular flexibility index (Phi) is 2.40. The Morgan fingerprint density at radius 2 is 2.40 bits per heavy atom. The topological polar surface area (TPSA) is 98.1 Å². The molecule has 1 aliphatic rings. The fourth-order valence-corrected chi connectivity index (χ4v) is 1.86. The summed E-state index contributed by atoms with van der Waals surface area (Å²) >= 11 is 0. The molecule has 1 unspecified atom stereocenters. The highest BCUT2D eigenvalue weighted by Gasteiger charge is 2.29. The van der Waals surface area contributed by atoms with Gasteiger partial charge in [0.25, 0.3) is 0 Å². The molecule has 0 bridgehead atoms. The molecule has 1 saturated heterocycles. The van der Waals surface area contributed by atoms with Gasteiger partial charge in [-0.15, -0.1) is 0 Å². The van der Waals surface area contributed by atoms with E-state index in [9.17, 15) is 4.79 Å². The van der Waals surface area contributed by atoms with E-state index in [0.717, 1.165) is 19.4 Å². The largest absolute Gasteiger partial charge is 0.368 e. The van der Waals surface area contributed by atoms with Crippen LogP contribution in [-0.2, 0) is 4.79 Å². The predicted molar refractivity (Wildman–Crippen MR) is 56.0 cm³/mol. The fourth-order valence-electron chi connectivity index (χ4n) is 1.86. The standard InChI is InChI=1S/C9H13N5O/c10-8(15)6-2-1-5-14(6)7-3-4-12-9(11)13-7/h3-4,6H,1-2,5H2,(H2,10,15)(H2,11,12,13). The summed E-state index contributed by atoms with van der Waals surface area (Å²) in [5.74, 6) is 0.566. The van der Waals surface area contributed by atoms with Gasteiger partial charge in [-0.3, -0.25) is 4.79 Å². The summed E-state index contributed by atoms with van der Waals surface area (Å²) < 4.78 is 0. The summed E-state index contributed by atoms with van der Waals surface area (Å²) in [7, 11) is 0. The van der Waals surface area contributed by atoms with Crippen molar-refractivity contribution in [3.8, 4) is 0 Å². The van der Waals surface area contributed by atoms with Gasteiger partial charge in [-0.25, -0.2) is 4.98 Å². The van der Waals surface area contributed by atoms with E-state index in [1.807, 2.05) is 4.90 Å². The van der Waals surface area contributed by atoms with Gasteiger partial charge < -0.3 is 16.4 Å². The van der Waals surface area contributed by atoms with Crippen molar-refractivity contribution >= 4 is 17.7 Å². The van der Waals surface area contributed by atoms with Crippen LogP contribution in [0.4, 0.5) is 11.8 Å². The van der Waals surface area contributed by atoms with E-state index >= 15 is 0 Å². The second-order valence-electron chi connectivity index (χ2n) is 3.53. The van der Waals surface area contributed by atoms with Crippen LogP contribution in [0.1, 0.15) is 12.8 Å². The molecule has 2 heterocycles. The monoisotopic (exact) mass is 207 g/mol. The van der Waals surface area contributed by atoms with Crippen molar-refractivity contribution in [3.63, 3.8) is 0 Å². The Labute approximate surface area is 87.3 Å². The van der Waals surface area contributed by atoms with Gasteiger partial charge in [0.15, 0.2) is 0 Å². The minimum atomic E-state index is -0.315. The lowest BCUT2D eigenvalue weighted by Gasteiger charge is -2.22. The van der Waals surface area contributed by atoms with Crippen molar-refractivity contribution in [2.75, 3.05) is 17.2 Å². The first-order valence-corrected chi connectivity index (χ1v) is 4.83. The molecular weight excluding hydrogens is 194 g/mol. The second kappa shape index (κ2) is 3.72. The number of carbonyl (C=O) groups is 1. The minimum Gasteiger partial charge on any atom is -0.368 e. The van der Waals surface area contributed by atoms with Crippen molar-refractivity contribution in [2.45, 2.75) is 18.9 Å². The number of rotatable bonds is 2. The predicted octanol–water partition coefficient (Wildman–Crippen LogP) is -0.487. The number of nitrogens with two attached hydrogens (primary N) is 2. The number of nitrogens with zero attached hydrogens (tertiary/aromatic N) is 3. The first-order valence-electron chi connectivity index (χ1n) is 4.83. The molecule has 0 spiro atoms. The number of carbonyl (C=O) groups excluding carboxylic acids is 1. The van der Waals surface area contributed by atoms with Crippen LogP contribution < -0.4 is 16.4 Å². The maximum atomic E-state index is 11.2. The zero-order valence-corrected chi connectivity index (χ0v) is 8.26. The van der Waals surface area contributed by atoms with E-state index in [1.165, 1.54) is 0 Å².